The lowest BCUT2D eigenvalue weighted by atomic mass is 10.2. The van der Waals surface area contributed by atoms with Gasteiger partial charge in [-0.3, -0.25) is 10.1 Å². The summed E-state index contributed by atoms with van der Waals surface area (Å²) in [6.07, 6.45) is -0.717. The number of ether oxygens (including phenoxy) is 1. The number of carboxylic acid groups (broad SMARTS) is 1. The summed E-state index contributed by atoms with van der Waals surface area (Å²) >= 11 is 0.942. The second kappa shape index (κ2) is 5.13. The summed E-state index contributed by atoms with van der Waals surface area (Å²) in [4.78, 5) is 36.5. The molecule has 0 aliphatic carbocycles. The summed E-state index contributed by atoms with van der Waals surface area (Å²) in [7, 11) is 0. The second-order valence-corrected chi connectivity index (χ2v) is 5.16. The molecule has 0 aliphatic rings. The highest BCUT2D eigenvalue weighted by atomic mass is 32.1. The van der Waals surface area contributed by atoms with E-state index >= 15 is 0 Å². The van der Waals surface area contributed by atoms with Gasteiger partial charge in [-0.2, -0.15) is 0 Å². The van der Waals surface area contributed by atoms with E-state index in [2.05, 4.69) is 10.3 Å². The minimum atomic E-state index is -1.59. The van der Waals surface area contributed by atoms with Crippen LogP contribution in [0.25, 0.3) is 0 Å². The number of aromatic nitrogens is 1. The van der Waals surface area contributed by atoms with Crippen LogP contribution >= 0.6 is 11.3 Å². The van der Waals surface area contributed by atoms with Gasteiger partial charge in [0.05, 0.1) is 0 Å². The Hall–Kier alpha value is -1.96. The predicted molar refractivity (Wildman–Crippen MR) is 63.9 cm³/mol. The number of nitrogens with zero attached hydrogens (tertiary/aromatic N) is 1. The van der Waals surface area contributed by atoms with Crippen molar-refractivity contribution >= 4 is 34.3 Å². The van der Waals surface area contributed by atoms with Gasteiger partial charge in [0.15, 0.2) is 5.13 Å². The molecule has 1 rings (SSSR count). The van der Waals surface area contributed by atoms with E-state index in [4.69, 9.17) is 9.84 Å². The van der Waals surface area contributed by atoms with E-state index < -0.39 is 23.4 Å². The smallest absolute Gasteiger partial charge is 0.413 e. The van der Waals surface area contributed by atoms with Crippen LogP contribution in [-0.2, 0) is 9.53 Å². The lowest BCUT2D eigenvalue weighted by Crippen LogP contribution is -2.27. The first-order valence-electron chi connectivity index (χ1n) is 4.92. The molecular weight excluding hydrogens is 267 g/mol. The Morgan fingerprint density at radius 2 is 2.00 bits per heavy atom. The number of Topliss-reactive ketones (excluding diaryl/α,β-unsaturated/α-hetero) is 1. The molecule has 0 saturated carbocycles. The number of hydrogen-bond acceptors (Lipinski definition) is 6. The van der Waals surface area contributed by atoms with E-state index in [0.717, 1.165) is 11.3 Å². The normalized spacial score (nSPS) is 10.8. The zero-order valence-corrected chi connectivity index (χ0v) is 10.8. The van der Waals surface area contributed by atoms with E-state index in [9.17, 15) is 14.4 Å². The largest absolute Gasteiger partial charge is 0.475 e. The molecule has 0 bridgehead atoms. The standard InChI is InChI=1S/C10H12N2O5S/c1-10(2,3)17-9(16)12-8-11-5(4-18-8)6(13)7(14)15/h4H,1-3H3,(H,14,15)(H,11,12,16)/i4+1,5+1,6+1,7+1,8+1,11+1,12+1. The summed E-state index contributed by atoms with van der Waals surface area (Å²) in [5.74, 6) is -2.72. The molecule has 0 unspecified atom stereocenters. The van der Waals surface area contributed by atoms with E-state index in [1.807, 2.05) is 0 Å². The van der Waals surface area contributed by atoms with Crippen LogP contribution in [0, 0.1) is 0 Å². The summed E-state index contributed by atoms with van der Waals surface area (Å²) in [6, 6.07) is 0. The molecule has 1 heterocycles. The van der Waals surface area contributed by atoms with Gasteiger partial charge in [-0.15, -0.1) is 11.3 Å². The molecule has 0 aromatic carbocycles. The fraction of sp³-hybridized carbons (Fsp3) is 0.400. The number of ketones is 1. The number of carbonyl (C=O) groups excluding carboxylic acids is 2. The molecule has 0 fully saturated rings. The number of amides is 1. The van der Waals surface area contributed by atoms with Gasteiger partial charge < -0.3 is 9.84 Å². The first kappa shape index (κ1) is 14.1. The highest BCUT2D eigenvalue weighted by Crippen LogP contribution is 2.17. The number of aliphatic carboxylic acids is 1. The molecule has 1 aromatic rings. The fourth-order valence-electron chi connectivity index (χ4n) is 0.936. The SMILES string of the molecule is CC(C)(C)OC(=O)[15NH][13c]1[15n][13c]([13C](=O)[13C](=O)O)[13cH]s1. The summed E-state index contributed by atoms with van der Waals surface area (Å²) in [5, 5.41) is 12.2. The van der Waals surface area contributed by atoms with Crippen LogP contribution < -0.4 is 5.32 Å². The van der Waals surface area contributed by atoms with Crippen LogP contribution in [0.1, 0.15) is 31.3 Å². The number of carbonyl (C=O) groups is 3. The van der Waals surface area contributed by atoms with Gasteiger partial charge in [-0.05, 0) is 20.8 Å². The molecule has 0 saturated heterocycles. The van der Waals surface area contributed by atoms with Crippen LogP contribution in [0.3, 0.4) is 0 Å². The highest BCUT2D eigenvalue weighted by molar-refractivity contribution is 7.14. The lowest BCUT2D eigenvalue weighted by Gasteiger charge is -2.18. The maximum Gasteiger partial charge on any atom is 0.413 e. The zero-order chi connectivity index (χ0) is 13.9. The molecule has 98 valence electrons. The molecule has 0 radical (unpaired) electrons. The molecule has 8 heteroatoms. The maximum absolute atomic E-state index is 11.4. The van der Waals surface area contributed by atoms with Crippen molar-refractivity contribution in [3.8, 4) is 0 Å². The number of thiazole rings is 1. The molecule has 1 amide bonds. The molecule has 0 atom stereocenters. The van der Waals surface area contributed by atoms with Crippen molar-refractivity contribution in [2.75, 3.05) is 5.32 Å². The van der Waals surface area contributed by atoms with Gasteiger partial charge in [0.1, 0.15) is 11.3 Å². The third kappa shape index (κ3) is 4.13. The fourth-order valence-corrected chi connectivity index (χ4v) is 1.61. The zero-order valence-electron chi connectivity index (χ0n) is 10.0. The average Bonchev–Trinajstić information content (AvgIpc) is 2.61. The van der Waals surface area contributed by atoms with Gasteiger partial charge in [0, 0.05) is 5.38 Å². The number of nitrogens with one attached hydrogen (secondary N) is 1. The Morgan fingerprint density at radius 1 is 1.39 bits per heavy atom. The van der Waals surface area contributed by atoms with Crippen LogP contribution in [0.4, 0.5) is 9.93 Å². The molecule has 0 spiro atoms. The average molecular weight is 279 g/mol. The van der Waals surface area contributed by atoms with Crippen molar-refractivity contribution < 1.29 is 24.2 Å². The summed E-state index contributed by atoms with van der Waals surface area (Å²) in [6.45, 7) is 5.11. The van der Waals surface area contributed by atoms with E-state index in [-0.39, 0.29) is 10.8 Å². The minimum absolute atomic E-state index is 0.105. The maximum atomic E-state index is 11.4. The number of carboxylic acids is 1. The third-order valence-electron chi connectivity index (χ3n) is 1.54. The molecule has 0 aliphatic heterocycles. The third-order valence-corrected chi connectivity index (χ3v) is 2.30. The topological polar surface area (TPSA) is 106 Å². The Morgan fingerprint density at radius 3 is 2.50 bits per heavy atom. The molecular formula is C10H12N2O5S. The van der Waals surface area contributed by atoms with Crippen LogP contribution in [-0.4, -0.2) is 33.5 Å². The highest BCUT2D eigenvalue weighted by Gasteiger charge is 2.20. The van der Waals surface area contributed by atoms with Gasteiger partial charge in [-0.25, -0.2) is 14.6 Å². The van der Waals surface area contributed by atoms with Crippen molar-refractivity contribution in [1.29, 1.82) is 0 Å². The molecule has 18 heavy (non-hydrogen) atoms. The second-order valence-electron chi connectivity index (χ2n) is 4.30. The Kier molecular flexibility index (Phi) is 4.02. The van der Waals surface area contributed by atoms with Gasteiger partial charge in [-0.1, -0.05) is 0 Å². The first-order valence-corrected chi connectivity index (χ1v) is 5.80. The van der Waals surface area contributed by atoms with E-state index in [1.165, 1.54) is 5.38 Å². The van der Waals surface area contributed by atoms with Crippen LogP contribution in [0.2, 0.25) is 0 Å². The van der Waals surface area contributed by atoms with Gasteiger partial charge in [0.2, 0.25) is 0 Å². The van der Waals surface area contributed by atoms with Crippen molar-refractivity contribution in [2.45, 2.75) is 26.4 Å². The van der Waals surface area contributed by atoms with Crippen molar-refractivity contribution in [1.82, 2.24) is 4.98 Å². The Labute approximate surface area is 107 Å². The van der Waals surface area contributed by atoms with Crippen molar-refractivity contribution in [3.63, 3.8) is 0 Å². The van der Waals surface area contributed by atoms with Gasteiger partial charge in [0.25, 0.3) is 5.78 Å². The van der Waals surface area contributed by atoms with E-state index in [1.54, 1.807) is 20.8 Å². The van der Waals surface area contributed by atoms with Crippen molar-refractivity contribution in [3.05, 3.63) is 11.1 Å². The monoisotopic (exact) mass is 279 g/mol. The molecule has 7 nitrogen and oxygen atoms in total. The predicted octanol–water partition coefficient (Wildman–Crippen LogP) is 1.76. The minimum Gasteiger partial charge on any atom is -0.475 e. The molecule has 2 N–H and O–H groups in total. The Bertz CT molecular complexity index is 489. The Balaban J connectivity index is 2.68. The number of rotatable bonds is 3. The summed E-state index contributed by atoms with van der Waals surface area (Å²) in [5.41, 5.74) is -0.875. The van der Waals surface area contributed by atoms with Gasteiger partial charge >= 0.3 is 12.1 Å². The van der Waals surface area contributed by atoms with E-state index in [0.29, 0.717) is 0 Å². The first-order chi connectivity index (χ1) is 8.19. The van der Waals surface area contributed by atoms with Crippen LogP contribution in [0.15, 0.2) is 5.38 Å². The van der Waals surface area contributed by atoms with Crippen molar-refractivity contribution in [2.24, 2.45) is 0 Å². The summed E-state index contributed by atoms with van der Waals surface area (Å²) < 4.78 is 4.97. The quantitative estimate of drug-likeness (QED) is 0.378. The number of hydrogen-bond donors (Lipinski definition) is 2. The lowest BCUT2D eigenvalue weighted by molar-refractivity contribution is -0.131. The number of anilines is 1. The molecule has 1 aromatic heterocycles. The van der Waals surface area contributed by atoms with Crippen LogP contribution in [0.5, 0.6) is 0 Å².